The third-order valence-corrected chi connectivity index (χ3v) is 4.40. The molecule has 0 fully saturated rings. The molecule has 0 saturated heterocycles. The Kier molecular flexibility index (Phi) is 4.80. The highest BCUT2D eigenvalue weighted by Gasteiger charge is 2.37. The predicted molar refractivity (Wildman–Crippen MR) is 75.0 cm³/mol. The van der Waals surface area contributed by atoms with E-state index in [0.29, 0.717) is 18.2 Å². The van der Waals surface area contributed by atoms with E-state index in [1.54, 1.807) is 0 Å². The van der Waals surface area contributed by atoms with Crippen LogP contribution in [0.15, 0.2) is 35.4 Å². The van der Waals surface area contributed by atoms with Gasteiger partial charge in [0.25, 0.3) is 15.9 Å². The Morgan fingerprint density at radius 1 is 1.16 bits per heavy atom. The molecule has 0 bridgehead atoms. The van der Waals surface area contributed by atoms with Crippen LogP contribution < -0.4 is 4.72 Å². The van der Waals surface area contributed by atoms with Crippen LogP contribution in [0.3, 0.4) is 0 Å². The summed E-state index contributed by atoms with van der Waals surface area (Å²) in [6, 6.07) is 2.34. The standard InChI is InChI=1S/C14H9F5N2O3S/c1-7-5-10(16)11(6-9(7)15)25(23,24)21-13(22)12-8(14(17,18)19)3-2-4-20-12/h2-6H,1H3,(H,21,22). The topological polar surface area (TPSA) is 76.1 Å². The number of hydrogen-bond donors (Lipinski definition) is 1. The van der Waals surface area contributed by atoms with Gasteiger partial charge in [0.2, 0.25) is 0 Å². The molecule has 0 atom stereocenters. The van der Waals surface area contributed by atoms with Crippen LogP contribution >= 0.6 is 0 Å². The van der Waals surface area contributed by atoms with Crippen LogP contribution in [0.5, 0.6) is 0 Å². The maximum absolute atomic E-state index is 13.8. The van der Waals surface area contributed by atoms with Crippen molar-refractivity contribution in [3.63, 3.8) is 0 Å². The van der Waals surface area contributed by atoms with Gasteiger partial charge in [-0.05, 0) is 36.8 Å². The summed E-state index contributed by atoms with van der Waals surface area (Å²) >= 11 is 0. The summed E-state index contributed by atoms with van der Waals surface area (Å²) in [5.74, 6) is -4.16. The van der Waals surface area contributed by atoms with E-state index in [4.69, 9.17) is 0 Å². The summed E-state index contributed by atoms with van der Waals surface area (Å²) in [6.07, 6.45) is -4.12. The van der Waals surface area contributed by atoms with E-state index in [1.807, 2.05) is 0 Å². The highest BCUT2D eigenvalue weighted by molar-refractivity contribution is 7.90. The van der Waals surface area contributed by atoms with Crippen LogP contribution in [0.4, 0.5) is 22.0 Å². The van der Waals surface area contributed by atoms with Gasteiger partial charge in [-0.15, -0.1) is 0 Å². The number of alkyl halides is 3. The number of carbonyl (C=O) groups excluding carboxylic acids is 1. The number of amides is 1. The summed E-state index contributed by atoms with van der Waals surface area (Å²) in [4.78, 5) is 13.9. The van der Waals surface area contributed by atoms with Crippen molar-refractivity contribution in [3.05, 3.63) is 58.9 Å². The molecule has 0 unspecified atom stereocenters. The first-order valence-electron chi connectivity index (χ1n) is 6.48. The molecular weight excluding hydrogens is 371 g/mol. The highest BCUT2D eigenvalue weighted by Crippen LogP contribution is 2.31. The molecule has 0 aliphatic carbocycles. The molecule has 2 aromatic rings. The Balaban J connectivity index is 2.43. The zero-order valence-corrected chi connectivity index (χ0v) is 13.2. The number of rotatable bonds is 3. The molecule has 134 valence electrons. The SMILES string of the molecule is Cc1cc(F)c(S(=O)(=O)NC(=O)c2ncccc2C(F)(F)F)cc1F. The first-order valence-corrected chi connectivity index (χ1v) is 7.97. The minimum atomic E-state index is -4.97. The second kappa shape index (κ2) is 6.39. The molecule has 25 heavy (non-hydrogen) atoms. The first kappa shape index (κ1) is 18.8. The lowest BCUT2D eigenvalue weighted by molar-refractivity contribution is -0.138. The third-order valence-electron chi connectivity index (χ3n) is 3.06. The van der Waals surface area contributed by atoms with Crippen molar-refractivity contribution in [2.24, 2.45) is 0 Å². The molecule has 1 aromatic heterocycles. The van der Waals surface area contributed by atoms with E-state index in [2.05, 4.69) is 4.98 Å². The molecule has 1 N–H and O–H groups in total. The number of carbonyl (C=O) groups is 1. The van der Waals surface area contributed by atoms with E-state index in [0.717, 1.165) is 12.3 Å². The maximum atomic E-state index is 13.8. The zero-order chi connectivity index (χ0) is 19.0. The number of nitrogens with zero attached hydrogens (tertiary/aromatic N) is 1. The van der Waals surface area contributed by atoms with E-state index in [-0.39, 0.29) is 5.56 Å². The summed E-state index contributed by atoms with van der Waals surface area (Å²) in [6.45, 7) is 1.18. The van der Waals surface area contributed by atoms with Crippen molar-refractivity contribution in [2.75, 3.05) is 0 Å². The van der Waals surface area contributed by atoms with Crippen molar-refractivity contribution in [3.8, 4) is 0 Å². The van der Waals surface area contributed by atoms with Crippen molar-refractivity contribution < 1.29 is 35.2 Å². The molecule has 0 spiro atoms. The van der Waals surface area contributed by atoms with Gasteiger partial charge < -0.3 is 0 Å². The molecule has 5 nitrogen and oxygen atoms in total. The Morgan fingerprint density at radius 2 is 1.80 bits per heavy atom. The quantitative estimate of drug-likeness (QED) is 0.831. The fourth-order valence-electron chi connectivity index (χ4n) is 1.87. The lowest BCUT2D eigenvalue weighted by atomic mass is 10.2. The molecule has 1 heterocycles. The van der Waals surface area contributed by atoms with E-state index in [1.165, 1.54) is 11.6 Å². The van der Waals surface area contributed by atoms with Crippen LogP contribution in [0.1, 0.15) is 21.6 Å². The lowest BCUT2D eigenvalue weighted by Gasteiger charge is -2.12. The second-order valence-electron chi connectivity index (χ2n) is 4.86. The largest absolute Gasteiger partial charge is 0.418 e. The van der Waals surface area contributed by atoms with Gasteiger partial charge in [0.05, 0.1) is 5.56 Å². The Bertz CT molecular complexity index is 942. The van der Waals surface area contributed by atoms with Crippen molar-refractivity contribution >= 4 is 15.9 Å². The molecule has 1 amide bonds. The molecule has 1 aromatic carbocycles. The van der Waals surface area contributed by atoms with E-state index >= 15 is 0 Å². The van der Waals surface area contributed by atoms with Gasteiger partial charge in [0.15, 0.2) is 0 Å². The summed E-state index contributed by atoms with van der Waals surface area (Å²) in [5.41, 5.74) is -2.88. The number of benzene rings is 1. The number of hydrogen-bond acceptors (Lipinski definition) is 4. The Hall–Kier alpha value is -2.56. The van der Waals surface area contributed by atoms with Gasteiger partial charge in [-0.2, -0.15) is 13.2 Å². The van der Waals surface area contributed by atoms with Crippen molar-refractivity contribution in [1.82, 2.24) is 9.71 Å². The Morgan fingerprint density at radius 3 is 2.40 bits per heavy atom. The van der Waals surface area contributed by atoms with E-state index in [9.17, 15) is 35.2 Å². The van der Waals surface area contributed by atoms with Gasteiger partial charge in [0.1, 0.15) is 22.2 Å². The van der Waals surface area contributed by atoms with Crippen LogP contribution in [-0.2, 0) is 16.2 Å². The fraction of sp³-hybridized carbons (Fsp3) is 0.143. The fourth-order valence-corrected chi connectivity index (χ4v) is 2.90. The number of pyridine rings is 1. The molecule has 0 saturated carbocycles. The van der Waals surface area contributed by atoms with Gasteiger partial charge in [-0.25, -0.2) is 21.9 Å². The van der Waals surface area contributed by atoms with Gasteiger partial charge in [-0.1, -0.05) is 0 Å². The highest BCUT2D eigenvalue weighted by atomic mass is 32.2. The summed E-state index contributed by atoms with van der Waals surface area (Å²) < 4.78 is 91.0. The van der Waals surface area contributed by atoms with Crippen LogP contribution in [0.25, 0.3) is 0 Å². The average molecular weight is 380 g/mol. The third kappa shape index (κ3) is 3.92. The number of sulfonamides is 1. The van der Waals surface area contributed by atoms with Gasteiger partial charge in [0, 0.05) is 6.20 Å². The number of aryl methyl sites for hydroxylation is 1. The monoisotopic (exact) mass is 380 g/mol. The van der Waals surface area contributed by atoms with Crippen LogP contribution in [-0.4, -0.2) is 19.3 Å². The average Bonchev–Trinajstić information content (AvgIpc) is 2.49. The molecule has 0 radical (unpaired) electrons. The zero-order valence-electron chi connectivity index (χ0n) is 12.4. The maximum Gasteiger partial charge on any atom is 0.418 e. The number of halogens is 5. The molecule has 2 rings (SSSR count). The van der Waals surface area contributed by atoms with Crippen molar-refractivity contribution in [1.29, 1.82) is 0 Å². The second-order valence-corrected chi connectivity index (χ2v) is 6.51. The number of nitrogens with one attached hydrogen (secondary N) is 1. The molecule has 0 aliphatic heterocycles. The normalized spacial score (nSPS) is 12.1. The smallest absolute Gasteiger partial charge is 0.266 e. The minimum absolute atomic E-state index is 0.188. The van der Waals surface area contributed by atoms with Crippen LogP contribution in [0, 0.1) is 18.6 Å². The molecular formula is C14H9F5N2O3S. The predicted octanol–water partition coefficient (Wildman–Crippen LogP) is 2.81. The lowest BCUT2D eigenvalue weighted by Crippen LogP contribution is -2.33. The number of aromatic nitrogens is 1. The van der Waals surface area contributed by atoms with Gasteiger partial charge in [-0.3, -0.25) is 9.78 Å². The van der Waals surface area contributed by atoms with Gasteiger partial charge >= 0.3 is 6.18 Å². The minimum Gasteiger partial charge on any atom is -0.266 e. The first-order chi connectivity index (χ1) is 11.4. The summed E-state index contributed by atoms with van der Waals surface area (Å²) in [7, 11) is -4.96. The molecule has 0 aliphatic rings. The van der Waals surface area contributed by atoms with Crippen LogP contribution in [0.2, 0.25) is 0 Å². The van der Waals surface area contributed by atoms with E-state index < -0.39 is 49.9 Å². The Labute approximate surface area is 138 Å². The van der Waals surface area contributed by atoms with Crippen molar-refractivity contribution in [2.45, 2.75) is 18.0 Å². The summed E-state index contributed by atoms with van der Waals surface area (Å²) in [5, 5.41) is 0. The molecule has 11 heteroatoms.